The highest BCUT2D eigenvalue weighted by Gasteiger charge is 1.96. The molecule has 0 fully saturated rings. The number of terminal acetylenes is 1. The van der Waals surface area contributed by atoms with Crippen LogP contribution in [0.15, 0.2) is 23.0 Å². The lowest BCUT2D eigenvalue weighted by atomic mass is 10.3. The van der Waals surface area contributed by atoms with E-state index in [-0.39, 0.29) is 6.04 Å². The van der Waals surface area contributed by atoms with Crippen LogP contribution < -0.4 is 5.32 Å². The number of rotatable bonds is 3. The topological polar surface area (TPSA) is 25.2 Å². The molecule has 1 heterocycles. The summed E-state index contributed by atoms with van der Waals surface area (Å²) in [5.74, 6) is 2.59. The van der Waals surface area contributed by atoms with E-state index < -0.39 is 0 Å². The summed E-state index contributed by atoms with van der Waals surface area (Å²) in [4.78, 5) is 0. The summed E-state index contributed by atoms with van der Waals surface area (Å²) in [5, 5.41) is 3.14. The Morgan fingerprint density at radius 3 is 3.18 bits per heavy atom. The molecule has 0 bridgehead atoms. The van der Waals surface area contributed by atoms with Gasteiger partial charge in [-0.05, 0) is 13.0 Å². The lowest BCUT2D eigenvalue weighted by Crippen LogP contribution is -2.23. The van der Waals surface area contributed by atoms with Crippen LogP contribution in [0.4, 0.5) is 0 Å². The first kappa shape index (κ1) is 7.90. The molecule has 1 aromatic heterocycles. The Bertz CT molecular complexity index is 233. The zero-order valence-corrected chi connectivity index (χ0v) is 6.50. The summed E-state index contributed by atoms with van der Waals surface area (Å²) in [6.07, 6.45) is 8.53. The van der Waals surface area contributed by atoms with Crippen LogP contribution >= 0.6 is 0 Å². The van der Waals surface area contributed by atoms with E-state index in [0.717, 1.165) is 12.1 Å². The fourth-order valence-electron chi connectivity index (χ4n) is 0.723. The molecule has 2 nitrogen and oxygen atoms in total. The molecule has 0 spiro atoms. The third-order valence-corrected chi connectivity index (χ3v) is 1.44. The molecule has 1 unspecified atom stereocenters. The van der Waals surface area contributed by atoms with Crippen molar-refractivity contribution in [1.82, 2.24) is 5.32 Å². The minimum absolute atomic E-state index is 0.116. The molecule has 0 radical (unpaired) electrons. The summed E-state index contributed by atoms with van der Waals surface area (Å²) in [7, 11) is 0. The van der Waals surface area contributed by atoms with Crippen LogP contribution in [-0.4, -0.2) is 6.04 Å². The van der Waals surface area contributed by atoms with Crippen molar-refractivity contribution in [2.75, 3.05) is 0 Å². The maximum Gasteiger partial charge on any atom is 0.0947 e. The van der Waals surface area contributed by atoms with Gasteiger partial charge in [0.15, 0.2) is 0 Å². The van der Waals surface area contributed by atoms with Gasteiger partial charge < -0.3 is 4.42 Å². The standard InChI is InChI=1S/C9H11NO/c1-3-8(2)10-6-9-4-5-11-7-9/h1,4-5,7-8,10H,6H2,2H3. The SMILES string of the molecule is C#CC(C)NCc1ccoc1. The summed E-state index contributed by atoms with van der Waals surface area (Å²) < 4.78 is 4.89. The minimum atomic E-state index is 0.116. The molecule has 0 saturated heterocycles. The van der Waals surface area contributed by atoms with E-state index in [0.29, 0.717) is 0 Å². The Balaban J connectivity index is 2.30. The van der Waals surface area contributed by atoms with Gasteiger partial charge in [-0.15, -0.1) is 6.42 Å². The Morgan fingerprint density at radius 1 is 1.82 bits per heavy atom. The zero-order chi connectivity index (χ0) is 8.10. The maximum absolute atomic E-state index is 5.18. The average Bonchev–Trinajstić information content (AvgIpc) is 2.52. The highest BCUT2D eigenvalue weighted by atomic mass is 16.3. The van der Waals surface area contributed by atoms with Crippen molar-refractivity contribution in [1.29, 1.82) is 0 Å². The van der Waals surface area contributed by atoms with Crippen LogP contribution in [0.3, 0.4) is 0 Å². The van der Waals surface area contributed by atoms with Gasteiger partial charge in [-0.2, -0.15) is 0 Å². The van der Waals surface area contributed by atoms with E-state index in [1.54, 1.807) is 12.5 Å². The fraction of sp³-hybridized carbons (Fsp3) is 0.333. The number of hydrogen-bond donors (Lipinski definition) is 1. The van der Waals surface area contributed by atoms with E-state index in [2.05, 4.69) is 11.2 Å². The van der Waals surface area contributed by atoms with Crippen molar-refractivity contribution in [3.63, 3.8) is 0 Å². The molecule has 0 aromatic carbocycles. The van der Waals surface area contributed by atoms with Gasteiger partial charge in [0.25, 0.3) is 0 Å². The van der Waals surface area contributed by atoms with E-state index >= 15 is 0 Å². The third-order valence-electron chi connectivity index (χ3n) is 1.44. The van der Waals surface area contributed by atoms with Crippen molar-refractivity contribution >= 4 is 0 Å². The second-order valence-corrected chi connectivity index (χ2v) is 2.40. The second kappa shape index (κ2) is 3.85. The summed E-state index contributed by atoms with van der Waals surface area (Å²) in [6, 6.07) is 2.03. The molecule has 0 aliphatic rings. The van der Waals surface area contributed by atoms with Crippen LogP contribution in [0.2, 0.25) is 0 Å². The highest BCUT2D eigenvalue weighted by molar-refractivity contribution is 5.06. The molecule has 11 heavy (non-hydrogen) atoms. The fourth-order valence-corrected chi connectivity index (χ4v) is 0.723. The van der Waals surface area contributed by atoms with Crippen LogP contribution in [0.25, 0.3) is 0 Å². The largest absolute Gasteiger partial charge is 0.472 e. The predicted molar refractivity (Wildman–Crippen MR) is 43.8 cm³/mol. The monoisotopic (exact) mass is 149 g/mol. The Labute approximate surface area is 66.6 Å². The van der Waals surface area contributed by atoms with Gasteiger partial charge in [0.05, 0.1) is 18.6 Å². The van der Waals surface area contributed by atoms with Gasteiger partial charge in [-0.1, -0.05) is 5.92 Å². The van der Waals surface area contributed by atoms with Crippen LogP contribution in [0, 0.1) is 12.3 Å². The molecule has 1 rings (SSSR count). The van der Waals surface area contributed by atoms with Crippen molar-refractivity contribution in [3.8, 4) is 12.3 Å². The molecule has 1 aromatic rings. The first-order valence-corrected chi connectivity index (χ1v) is 3.53. The first-order chi connectivity index (χ1) is 5.33. The van der Waals surface area contributed by atoms with Crippen LogP contribution in [0.1, 0.15) is 12.5 Å². The molecular weight excluding hydrogens is 138 g/mol. The second-order valence-electron chi connectivity index (χ2n) is 2.40. The van der Waals surface area contributed by atoms with Crippen LogP contribution in [-0.2, 0) is 6.54 Å². The molecule has 0 aliphatic heterocycles. The molecule has 1 N–H and O–H groups in total. The van der Waals surface area contributed by atoms with E-state index in [1.807, 2.05) is 13.0 Å². The third kappa shape index (κ3) is 2.48. The maximum atomic E-state index is 5.18. The van der Waals surface area contributed by atoms with Gasteiger partial charge in [-0.25, -0.2) is 0 Å². The number of nitrogens with one attached hydrogen (secondary N) is 1. The average molecular weight is 149 g/mol. The van der Waals surface area contributed by atoms with Crippen molar-refractivity contribution in [2.45, 2.75) is 19.5 Å². The quantitative estimate of drug-likeness (QED) is 0.657. The lowest BCUT2D eigenvalue weighted by Gasteiger charge is -2.03. The van der Waals surface area contributed by atoms with Crippen LogP contribution in [0.5, 0.6) is 0 Å². The van der Waals surface area contributed by atoms with Gasteiger partial charge in [0.2, 0.25) is 0 Å². The lowest BCUT2D eigenvalue weighted by molar-refractivity contribution is 0.558. The molecule has 0 aliphatic carbocycles. The zero-order valence-electron chi connectivity index (χ0n) is 6.50. The van der Waals surface area contributed by atoms with Gasteiger partial charge >= 0.3 is 0 Å². The number of furan rings is 1. The molecule has 0 amide bonds. The summed E-state index contributed by atoms with van der Waals surface area (Å²) >= 11 is 0. The first-order valence-electron chi connectivity index (χ1n) is 3.53. The Hall–Kier alpha value is -1.20. The van der Waals surface area contributed by atoms with E-state index in [4.69, 9.17) is 10.8 Å². The minimum Gasteiger partial charge on any atom is -0.472 e. The Morgan fingerprint density at radius 2 is 2.64 bits per heavy atom. The van der Waals surface area contributed by atoms with E-state index in [9.17, 15) is 0 Å². The van der Waals surface area contributed by atoms with Gasteiger partial charge in [-0.3, -0.25) is 5.32 Å². The van der Waals surface area contributed by atoms with Crippen molar-refractivity contribution < 1.29 is 4.42 Å². The molecule has 2 heteroatoms. The van der Waals surface area contributed by atoms with Gasteiger partial charge in [0.1, 0.15) is 0 Å². The summed E-state index contributed by atoms with van der Waals surface area (Å²) in [6.45, 7) is 2.71. The molecule has 1 atom stereocenters. The van der Waals surface area contributed by atoms with Gasteiger partial charge in [0, 0.05) is 12.1 Å². The van der Waals surface area contributed by atoms with Crippen molar-refractivity contribution in [3.05, 3.63) is 24.2 Å². The predicted octanol–water partition coefficient (Wildman–Crippen LogP) is 1.39. The highest BCUT2D eigenvalue weighted by Crippen LogP contribution is 1.98. The molecular formula is C9H11NO. The van der Waals surface area contributed by atoms with Crippen molar-refractivity contribution in [2.24, 2.45) is 0 Å². The Kier molecular flexibility index (Phi) is 2.76. The number of hydrogen-bond acceptors (Lipinski definition) is 2. The smallest absolute Gasteiger partial charge is 0.0947 e. The van der Waals surface area contributed by atoms with E-state index in [1.165, 1.54) is 0 Å². The molecule has 58 valence electrons. The molecule has 0 saturated carbocycles. The normalized spacial score (nSPS) is 12.4. The summed E-state index contributed by atoms with van der Waals surface area (Å²) in [5.41, 5.74) is 1.12.